The van der Waals surface area contributed by atoms with Crippen molar-refractivity contribution in [3.8, 4) is 0 Å². The number of carbonyl (C=O) groups excluding carboxylic acids is 2. The number of nitrogens with zero attached hydrogens (tertiary/aromatic N) is 1. The highest BCUT2D eigenvalue weighted by Gasteiger charge is 2.27. The maximum atomic E-state index is 13.5. The van der Waals surface area contributed by atoms with Gasteiger partial charge in [-0.3, -0.25) is 14.2 Å². The maximum Gasteiger partial charge on any atom is 0.306 e. The van der Waals surface area contributed by atoms with Crippen molar-refractivity contribution in [2.45, 2.75) is 322 Å². The number of hydrogen-bond donors (Lipinski definition) is 1. The Balaban J connectivity index is 5.20. The van der Waals surface area contributed by atoms with Gasteiger partial charge in [0.25, 0.3) is 7.82 Å². The van der Waals surface area contributed by atoms with Crippen molar-refractivity contribution >= 4 is 19.7 Å². The summed E-state index contributed by atoms with van der Waals surface area (Å²) in [4.78, 5) is 40.0. The normalized spacial score (nSPS) is 13.9. The van der Waals surface area contributed by atoms with Crippen LogP contribution in [-0.4, -0.2) is 69.4 Å². The molecule has 0 heterocycles. The zero-order valence-corrected chi connectivity index (χ0v) is 51.9. The average Bonchev–Trinajstić information content (AvgIpc) is 3.38. The first-order chi connectivity index (χ1) is 36.9. The summed E-state index contributed by atoms with van der Waals surface area (Å²) in [5.74, 6) is -0.554. The number of allylic oxidation sites excluding steroid dienone is 7. The summed E-state index contributed by atoms with van der Waals surface area (Å²) in [6, 6.07) is -0.898. The Morgan fingerprint density at radius 2 is 0.803 bits per heavy atom. The minimum atomic E-state index is -4.70. The van der Waals surface area contributed by atoms with Crippen LogP contribution in [0.5, 0.6) is 0 Å². The third-order valence-electron chi connectivity index (χ3n) is 14.5. The van der Waals surface area contributed by atoms with Gasteiger partial charge in [0.05, 0.1) is 33.8 Å². The highest BCUT2D eigenvalue weighted by Crippen LogP contribution is 2.38. The second-order valence-electron chi connectivity index (χ2n) is 23.3. The third-order valence-corrected chi connectivity index (χ3v) is 15.5. The largest absolute Gasteiger partial charge is 0.756 e. The molecule has 0 saturated carbocycles. The lowest BCUT2D eigenvalue weighted by molar-refractivity contribution is -0.870. The van der Waals surface area contributed by atoms with Crippen molar-refractivity contribution in [2.24, 2.45) is 0 Å². The first-order valence-corrected chi connectivity index (χ1v) is 33.9. The van der Waals surface area contributed by atoms with Crippen LogP contribution in [0.3, 0.4) is 0 Å². The fourth-order valence-corrected chi connectivity index (χ4v) is 10.2. The van der Waals surface area contributed by atoms with Crippen LogP contribution in [-0.2, 0) is 27.9 Å². The molecule has 0 spiro atoms. The molecule has 10 heteroatoms. The van der Waals surface area contributed by atoms with Crippen molar-refractivity contribution < 1.29 is 37.3 Å². The monoisotopic (exact) mass is 1090 g/mol. The number of amides is 1. The number of quaternary nitrogens is 1. The smallest absolute Gasteiger partial charge is 0.306 e. The highest BCUT2D eigenvalue weighted by molar-refractivity contribution is 7.45. The van der Waals surface area contributed by atoms with Gasteiger partial charge in [-0.25, -0.2) is 0 Å². The van der Waals surface area contributed by atoms with Crippen molar-refractivity contribution in [3.63, 3.8) is 0 Å². The molecule has 1 N–H and O–H groups in total. The Labute approximate surface area is 471 Å². The predicted molar refractivity (Wildman–Crippen MR) is 326 cm³/mol. The van der Waals surface area contributed by atoms with E-state index in [2.05, 4.69) is 62.5 Å². The fourth-order valence-electron chi connectivity index (χ4n) is 9.47. The number of phosphoric acid groups is 1. The number of likely N-dealkylation sites (N-methyl/N-ethyl adjacent to an activating group) is 1. The second-order valence-corrected chi connectivity index (χ2v) is 24.7. The van der Waals surface area contributed by atoms with Gasteiger partial charge in [0.15, 0.2) is 0 Å². The number of esters is 1. The van der Waals surface area contributed by atoms with Crippen molar-refractivity contribution in [1.82, 2.24) is 5.32 Å². The van der Waals surface area contributed by atoms with E-state index >= 15 is 0 Å². The summed E-state index contributed by atoms with van der Waals surface area (Å²) in [7, 11) is 1.18. The Kier molecular flexibility index (Phi) is 54.7. The summed E-state index contributed by atoms with van der Waals surface area (Å²) in [5, 5.41) is 3.02. The summed E-state index contributed by atoms with van der Waals surface area (Å²) in [6.07, 6.45) is 69.4. The lowest BCUT2D eigenvalue weighted by Crippen LogP contribution is -2.47. The Morgan fingerprint density at radius 1 is 0.461 bits per heavy atom. The lowest BCUT2D eigenvalue weighted by atomic mass is 10.0. The average molecular weight is 1090 g/mol. The number of nitrogens with one attached hydrogen (secondary N) is 1. The van der Waals surface area contributed by atoms with Gasteiger partial charge in [0.2, 0.25) is 5.91 Å². The molecular formula is C66H125N2O7P. The van der Waals surface area contributed by atoms with Gasteiger partial charge in [-0.15, -0.1) is 0 Å². The molecular weight excluding hydrogens is 964 g/mol. The second kappa shape index (κ2) is 56.3. The topological polar surface area (TPSA) is 114 Å². The number of phosphoric ester groups is 1. The van der Waals surface area contributed by atoms with Crippen molar-refractivity contribution in [1.29, 1.82) is 0 Å². The van der Waals surface area contributed by atoms with E-state index in [1.807, 2.05) is 33.3 Å². The van der Waals surface area contributed by atoms with E-state index < -0.39 is 26.6 Å². The summed E-state index contributed by atoms with van der Waals surface area (Å²) < 4.78 is 30.3. The van der Waals surface area contributed by atoms with Crippen LogP contribution < -0.4 is 10.2 Å². The molecule has 0 bridgehead atoms. The summed E-state index contributed by atoms with van der Waals surface area (Å²) in [5.41, 5.74) is 0. The number of ether oxygens (including phenoxy) is 1. The third kappa shape index (κ3) is 56.7. The van der Waals surface area contributed by atoms with Crippen LogP contribution in [0.25, 0.3) is 0 Å². The molecule has 3 unspecified atom stereocenters. The molecule has 3 atom stereocenters. The molecule has 9 nitrogen and oxygen atoms in total. The number of unbranched alkanes of at least 4 members (excludes halogenated alkanes) is 37. The molecule has 446 valence electrons. The Hall–Kier alpha value is -2.03. The molecule has 0 aromatic rings. The first kappa shape index (κ1) is 74.0. The fraction of sp³-hybridized carbons (Fsp3) is 0.848. The van der Waals surface area contributed by atoms with E-state index in [-0.39, 0.29) is 24.9 Å². The van der Waals surface area contributed by atoms with Gasteiger partial charge in [-0.05, 0) is 70.3 Å². The molecule has 1 amide bonds. The van der Waals surface area contributed by atoms with E-state index in [9.17, 15) is 19.0 Å². The quantitative estimate of drug-likeness (QED) is 0.0212. The van der Waals surface area contributed by atoms with Gasteiger partial charge >= 0.3 is 5.97 Å². The highest BCUT2D eigenvalue weighted by atomic mass is 31.2. The zero-order chi connectivity index (χ0) is 55.7. The van der Waals surface area contributed by atoms with Gasteiger partial charge in [-0.1, -0.05) is 275 Å². The van der Waals surface area contributed by atoms with Crippen molar-refractivity contribution in [3.05, 3.63) is 48.6 Å². The van der Waals surface area contributed by atoms with Gasteiger partial charge in [0, 0.05) is 12.8 Å². The van der Waals surface area contributed by atoms with E-state index in [0.29, 0.717) is 23.9 Å². The van der Waals surface area contributed by atoms with E-state index in [4.69, 9.17) is 13.8 Å². The van der Waals surface area contributed by atoms with E-state index in [0.717, 1.165) is 77.0 Å². The minimum absolute atomic E-state index is 0.0258. The molecule has 0 rings (SSSR count). The van der Waals surface area contributed by atoms with Crippen LogP contribution in [0.4, 0.5) is 0 Å². The van der Waals surface area contributed by atoms with E-state index in [1.54, 1.807) is 0 Å². The van der Waals surface area contributed by atoms with Crippen LogP contribution in [0.15, 0.2) is 48.6 Å². The maximum absolute atomic E-state index is 13.5. The lowest BCUT2D eigenvalue weighted by Gasteiger charge is -2.30. The summed E-state index contributed by atoms with van der Waals surface area (Å²) in [6.45, 7) is 6.83. The number of carbonyl (C=O) groups is 2. The van der Waals surface area contributed by atoms with Gasteiger partial charge in [0.1, 0.15) is 19.3 Å². The molecule has 0 aliphatic heterocycles. The van der Waals surface area contributed by atoms with E-state index in [1.165, 1.54) is 193 Å². The SMILES string of the molecule is CCCCC/C=C\C/C=C\C/C=C\CCCCCCC(=O)NC(COP(=O)([O-])OCC[N+](C)(C)C)C(/C=C/CCCCCCCCCCCC)OC(=O)CCCCCCCCCCCCCCCCCCCCCCC. The van der Waals surface area contributed by atoms with Crippen molar-refractivity contribution in [2.75, 3.05) is 40.9 Å². The number of hydrogen-bond acceptors (Lipinski definition) is 7. The molecule has 0 saturated heterocycles. The van der Waals surface area contributed by atoms with Crippen LogP contribution >= 0.6 is 7.82 Å². The molecule has 0 radical (unpaired) electrons. The predicted octanol–water partition coefficient (Wildman–Crippen LogP) is 19.4. The Morgan fingerprint density at radius 3 is 1.22 bits per heavy atom. The molecule has 0 aliphatic rings. The van der Waals surface area contributed by atoms with Gasteiger partial charge in [-0.2, -0.15) is 0 Å². The molecule has 0 fully saturated rings. The minimum Gasteiger partial charge on any atom is -0.756 e. The van der Waals surface area contributed by atoms with Gasteiger partial charge < -0.3 is 28.5 Å². The summed E-state index contributed by atoms with van der Waals surface area (Å²) >= 11 is 0. The molecule has 0 aliphatic carbocycles. The Bertz CT molecular complexity index is 1440. The van der Waals surface area contributed by atoms with Crippen LogP contribution in [0, 0.1) is 0 Å². The molecule has 0 aromatic carbocycles. The van der Waals surface area contributed by atoms with Crippen LogP contribution in [0.1, 0.15) is 310 Å². The van der Waals surface area contributed by atoms with Crippen LogP contribution in [0.2, 0.25) is 0 Å². The number of rotatable bonds is 59. The molecule has 76 heavy (non-hydrogen) atoms. The molecule has 0 aromatic heterocycles. The zero-order valence-electron chi connectivity index (χ0n) is 51.0. The first-order valence-electron chi connectivity index (χ1n) is 32.4. The standard InChI is InChI=1S/C66H125N2O7P/c1-7-10-13-16-19-22-25-28-30-32-33-34-35-37-39-41-44-47-50-53-56-59-66(70)75-64(57-54-51-48-45-42-27-24-21-18-15-12-9-3)63(62-74-76(71,72)73-61-60-68(4,5)6)67-65(69)58-55-52-49-46-43-40-38-36-31-29-26-23-20-17-14-11-8-2/h20,23,29,31,38,40,54,57,63-64H,7-19,21-22,24-28,30,32-37,39,41-53,55-56,58-62H2,1-6H3,(H-,67,69,71,72)/b23-20-,31-29-,40-38-,57-54+.